The first-order chi connectivity index (χ1) is 13.2. The van der Waals surface area contributed by atoms with Crippen LogP contribution in [0, 0.1) is 6.92 Å². The molecule has 0 aliphatic rings. The van der Waals surface area contributed by atoms with Crippen molar-refractivity contribution in [3.05, 3.63) is 65.5 Å². The summed E-state index contributed by atoms with van der Waals surface area (Å²) in [5.74, 6) is 1.75. The molecule has 0 aliphatic heterocycles. The number of amides is 1. The number of aryl methyl sites for hydroxylation is 2. The first-order valence-electron chi connectivity index (χ1n) is 9.02. The maximum atomic E-state index is 12.1. The first kappa shape index (κ1) is 18.6. The highest BCUT2D eigenvalue weighted by Crippen LogP contribution is 2.20. The van der Waals surface area contributed by atoms with Crippen molar-refractivity contribution in [1.29, 1.82) is 0 Å². The van der Waals surface area contributed by atoms with E-state index in [1.54, 1.807) is 0 Å². The Hall–Kier alpha value is -3.15. The molecule has 1 N–H and O–H groups in total. The van der Waals surface area contributed by atoms with Gasteiger partial charge >= 0.3 is 0 Å². The van der Waals surface area contributed by atoms with E-state index in [0.717, 1.165) is 22.4 Å². The quantitative estimate of drug-likeness (QED) is 0.659. The summed E-state index contributed by atoms with van der Waals surface area (Å²) in [5.41, 5.74) is 3.01. The minimum atomic E-state index is -0.0625. The lowest BCUT2D eigenvalue weighted by molar-refractivity contribution is -0.121. The molecule has 2 aromatic carbocycles. The Morgan fingerprint density at radius 2 is 2.04 bits per heavy atom. The summed E-state index contributed by atoms with van der Waals surface area (Å²) in [4.78, 5) is 16.5. The zero-order valence-corrected chi connectivity index (χ0v) is 15.6. The fourth-order valence-corrected chi connectivity index (χ4v) is 2.71. The minimum absolute atomic E-state index is 0.0625. The van der Waals surface area contributed by atoms with Crippen LogP contribution >= 0.6 is 0 Å². The third-order valence-corrected chi connectivity index (χ3v) is 4.12. The Balaban J connectivity index is 1.50. The van der Waals surface area contributed by atoms with Crippen LogP contribution in [0.15, 0.2) is 53.1 Å². The molecule has 0 saturated heterocycles. The van der Waals surface area contributed by atoms with Gasteiger partial charge in [-0.1, -0.05) is 41.6 Å². The predicted molar refractivity (Wildman–Crippen MR) is 102 cm³/mol. The second-order valence-electron chi connectivity index (χ2n) is 6.18. The second kappa shape index (κ2) is 8.98. The number of aromatic nitrogens is 2. The summed E-state index contributed by atoms with van der Waals surface area (Å²) in [6.45, 7) is 5.01. The van der Waals surface area contributed by atoms with Crippen LogP contribution in [-0.2, 0) is 17.8 Å². The number of hydrogen-bond donors (Lipinski definition) is 1. The third kappa shape index (κ3) is 5.17. The molecule has 3 aromatic rings. The summed E-state index contributed by atoms with van der Waals surface area (Å²) in [6, 6.07) is 15.5. The molecule has 0 fully saturated rings. The van der Waals surface area contributed by atoms with Crippen molar-refractivity contribution in [1.82, 2.24) is 15.5 Å². The van der Waals surface area contributed by atoms with Gasteiger partial charge in [-0.15, -0.1) is 0 Å². The van der Waals surface area contributed by atoms with Crippen LogP contribution in [-0.4, -0.2) is 22.7 Å². The number of rotatable bonds is 8. The molecule has 0 bridgehead atoms. The van der Waals surface area contributed by atoms with E-state index < -0.39 is 0 Å². The Bertz CT molecular complexity index is 905. The Morgan fingerprint density at radius 3 is 2.85 bits per heavy atom. The fourth-order valence-electron chi connectivity index (χ4n) is 2.71. The number of carbonyl (C=O) groups is 1. The molecule has 27 heavy (non-hydrogen) atoms. The molecule has 140 valence electrons. The van der Waals surface area contributed by atoms with Crippen molar-refractivity contribution >= 4 is 5.91 Å². The maximum absolute atomic E-state index is 12.1. The number of ether oxygens (including phenoxy) is 1. The lowest BCUT2D eigenvalue weighted by Gasteiger charge is -2.07. The van der Waals surface area contributed by atoms with E-state index in [-0.39, 0.29) is 5.91 Å². The van der Waals surface area contributed by atoms with E-state index in [1.807, 2.05) is 62.4 Å². The number of hydrogen-bond acceptors (Lipinski definition) is 5. The van der Waals surface area contributed by atoms with Crippen molar-refractivity contribution in [2.75, 3.05) is 6.61 Å². The molecule has 1 amide bonds. The molecule has 0 spiro atoms. The number of nitrogens with zero attached hydrogens (tertiary/aromatic N) is 2. The molecule has 0 unspecified atom stereocenters. The highest BCUT2D eigenvalue weighted by molar-refractivity contribution is 5.76. The van der Waals surface area contributed by atoms with Crippen molar-refractivity contribution in [3.63, 3.8) is 0 Å². The van der Waals surface area contributed by atoms with Crippen LogP contribution in [0.2, 0.25) is 0 Å². The van der Waals surface area contributed by atoms with Crippen LogP contribution in [0.5, 0.6) is 5.75 Å². The maximum Gasteiger partial charge on any atom is 0.227 e. The molecule has 3 rings (SSSR count). The Morgan fingerprint density at radius 1 is 1.19 bits per heavy atom. The van der Waals surface area contributed by atoms with Gasteiger partial charge in [0.25, 0.3) is 0 Å². The van der Waals surface area contributed by atoms with Gasteiger partial charge in [0, 0.05) is 24.9 Å². The summed E-state index contributed by atoms with van der Waals surface area (Å²) in [7, 11) is 0. The number of nitrogens with one attached hydrogen (secondary N) is 1. The van der Waals surface area contributed by atoms with E-state index in [0.29, 0.717) is 37.7 Å². The third-order valence-electron chi connectivity index (χ3n) is 4.12. The van der Waals surface area contributed by atoms with Crippen LogP contribution in [0.1, 0.15) is 30.4 Å². The predicted octanol–water partition coefficient (Wildman–Crippen LogP) is 3.69. The van der Waals surface area contributed by atoms with E-state index in [1.165, 1.54) is 0 Å². The summed E-state index contributed by atoms with van der Waals surface area (Å²) in [6.07, 6.45) is 0.699. The van der Waals surface area contributed by atoms with Crippen molar-refractivity contribution in [3.8, 4) is 17.1 Å². The molecule has 6 nitrogen and oxygen atoms in total. The van der Waals surface area contributed by atoms with Gasteiger partial charge in [0.2, 0.25) is 17.6 Å². The normalized spacial score (nSPS) is 10.6. The topological polar surface area (TPSA) is 77.2 Å². The molecule has 0 saturated carbocycles. The molecule has 0 radical (unpaired) electrons. The van der Waals surface area contributed by atoms with Gasteiger partial charge < -0.3 is 14.6 Å². The van der Waals surface area contributed by atoms with Gasteiger partial charge in [-0.3, -0.25) is 4.79 Å². The van der Waals surface area contributed by atoms with Crippen LogP contribution < -0.4 is 10.1 Å². The lowest BCUT2D eigenvalue weighted by Crippen LogP contribution is -2.23. The molecular weight excluding hydrogens is 342 g/mol. The van der Waals surface area contributed by atoms with E-state index in [4.69, 9.17) is 9.26 Å². The van der Waals surface area contributed by atoms with Gasteiger partial charge in [0.1, 0.15) is 5.75 Å². The van der Waals surface area contributed by atoms with Crippen molar-refractivity contribution in [2.24, 2.45) is 0 Å². The van der Waals surface area contributed by atoms with Crippen molar-refractivity contribution < 1.29 is 14.1 Å². The Kier molecular flexibility index (Phi) is 6.20. The number of carbonyl (C=O) groups excluding carboxylic acids is 1. The highest BCUT2D eigenvalue weighted by atomic mass is 16.5. The minimum Gasteiger partial charge on any atom is -0.494 e. The largest absolute Gasteiger partial charge is 0.494 e. The van der Waals surface area contributed by atoms with Crippen molar-refractivity contribution in [2.45, 2.75) is 33.2 Å². The second-order valence-corrected chi connectivity index (χ2v) is 6.18. The molecular formula is C21H23N3O3. The molecule has 1 heterocycles. The molecule has 6 heteroatoms. The monoisotopic (exact) mass is 365 g/mol. The van der Waals surface area contributed by atoms with E-state index in [9.17, 15) is 4.79 Å². The smallest absolute Gasteiger partial charge is 0.227 e. The van der Waals surface area contributed by atoms with Gasteiger partial charge in [0.05, 0.1) is 6.61 Å². The van der Waals surface area contributed by atoms with Crippen LogP contribution in [0.25, 0.3) is 11.4 Å². The summed E-state index contributed by atoms with van der Waals surface area (Å²) < 4.78 is 10.7. The molecule has 0 atom stereocenters. The average molecular weight is 365 g/mol. The number of benzene rings is 2. The Labute approximate surface area is 158 Å². The van der Waals surface area contributed by atoms with Crippen LogP contribution in [0.4, 0.5) is 0 Å². The summed E-state index contributed by atoms with van der Waals surface area (Å²) in [5, 5.41) is 6.92. The SMILES string of the molecule is CCOc1cccc(CNC(=O)CCc2nc(-c3ccccc3C)no2)c1. The van der Waals surface area contributed by atoms with Gasteiger partial charge in [-0.05, 0) is 37.1 Å². The average Bonchev–Trinajstić information content (AvgIpc) is 3.14. The van der Waals surface area contributed by atoms with Gasteiger partial charge in [0.15, 0.2) is 0 Å². The van der Waals surface area contributed by atoms with Gasteiger partial charge in [-0.2, -0.15) is 4.98 Å². The lowest BCUT2D eigenvalue weighted by atomic mass is 10.1. The fraction of sp³-hybridized carbons (Fsp3) is 0.286. The standard InChI is InChI=1S/C21H23N3O3/c1-3-26-17-9-6-8-16(13-17)14-22-19(25)11-12-20-23-21(24-27-20)18-10-5-4-7-15(18)2/h4-10,13H,3,11-12,14H2,1-2H3,(H,22,25). The zero-order chi connectivity index (χ0) is 19.1. The van der Waals surface area contributed by atoms with Crippen LogP contribution in [0.3, 0.4) is 0 Å². The highest BCUT2D eigenvalue weighted by Gasteiger charge is 2.12. The molecule has 0 aliphatic carbocycles. The van der Waals surface area contributed by atoms with E-state index in [2.05, 4.69) is 15.5 Å². The zero-order valence-electron chi connectivity index (χ0n) is 15.6. The molecule has 1 aromatic heterocycles. The summed E-state index contributed by atoms with van der Waals surface area (Å²) >= 11 is 0. The first-order valence-corrected chi connectivity index (χ1v) is 9.02. The van der Waals surface area contributed by atoms with Gasteiger partial charge in [-0.25, -0.2) is 0 Å². The van der Waals surface area contributed by atoms with E-state index >= 15 is 0 Å².